The molecule has 18 heavy (non-hydrogen) atoms. The topological polar surface area (TPSA) is 0 Å². The second-order valence-electron chi connectivity index (χ2n) is 4.06. The van der Waals surface area contributed by atoms with Crippen molar-refractivity contribution in [2.45, 2.75) is 13.1 Å². The lowest BCUT2D eigenvalue weighted by Gasteiger charge is -2.10. The van der Waals surface area contributed by atoms with Gasteiger partial charge in [-0.15, -0.1) is 0 Å². The quantitative estimate of drug-likeness (QED) is 0.657. The van der Waals surface area contributed by atoms with Crippen LogP contribution in [0.25, 0.3) is 11.1 Å². The Morgan fingerprint density at radius 1 is 0.944 bits per heavy atom. The molecule has 0 saturated heterocycles. The summed E-state index contributed by atoms with van der Waals surface area (Å²) < 4.78 is 37.7. The Hall–Kier alpha value is -1.48. The molecule has 94 valence electrons. The number of hydrogen-bond donors (Lipinski definition) is 0. The highest BCUT2D eigenvalue weighted by molar-refractivity contribution is 6.31. The molecular weight excluding hydrogens is 261 g/mol. The summed E-state index contributed by atoms with van der Waals surface area (Å²) in [6.45, 7) is 1.93. The van der Waals surface area contributed by atoms with E-state index in [1.807, 2.05) is 31.2 Å². The van der Waals surface area contributed by atoms with Crippen molar-refractivity contribution in [2.24, 2.45) is 0 Å². The van der Waals surface area contributed by atoms with Crippen molar-refractivity contribution in [3.8, 4) is 11.1 Å². The zero-order chi connectivity index (χ0) is 13.3. The van der Waals surface area contributed by atoms with Crippen LogP contribution in [0.3, 0.4) is 0 Å². The molecule has 0 N–H and O–H groups in total. The maximum absolute atomic E-state index is 12.6. The first-order valence-electron chi connectivity index (χ1n) is 5.32. The lowest BCUT2D eigenvalue weighted by molar-refractivity contribution is -0.137. The van der Waals surface area contributed by atoms with Gasteiger partial charge in [-0.2, -0.15) is 13.2 Å². The molecule has 0 aromatic heterocycles. The predicted octanol–water partition coefficient (Wildman–Crippen LogP) is 5.33. The van der Waals surface area contributed by atoms with Gasteiger partial charge >= 0.3 is 6.18 Å². The van der Waals surface area contributed by atoms with Crippen LogP contribution >= 0.6 is 11.6 Å². The predicted molar refractivity (Wildman–Crippen MR) is 66.6 cm³/mol. The van der Waals surface area contributed by atoms with Crippen LogP contribution in [0.5, 0.6) is 0 Å². The van der Waals surface area contributed by atoms with E-state index in [2.05, 4.69) is 0 Å². The second-order valence-corrected chi connectivity index (χ2v) is 4.47. The molecular formula is C14H10ClF3. The lowest BCUT2D eigenvalue weighted by Crippen LogP contribution is -2.05. The summed E-state index contributed by atoms with van der Waals surface area (Å²) in [6.07, 6.45) is -4.41. The van der Waals surface area contributed by atoms with E-state index in [1.54, 1.807) is 0 Å². The van der Waals surface area contributed by atoms with E-state index in [1.165, 1.54) is 12.1 Å². The van der Waals surface area contributed by atoms with E-state index in [0.29, 0.717) is 5.56 Å². The largest absolute Gasteiger partial charge is 0.417 e. The number of halogens is 4. The number of alkyl halides is 3. The number of aryl methyl sites for hydroxylation is 1. The zero-order valence-electron chi connectivity index (χ0n) is 9.55. The molecule has 0 amide bonds. The number of rotatable bonds is 1. The van der Waals surface area contributed by atoms with Crippen molar-refractivity contribution >= 4 is 11.6 Å². The van der Waals surface area contributed by atoms with E-state index >= 15 is 0 Å². The van der Waals surface area contributed by atoms with E-state index < -0.39 is 11.7 Å². The number of hydrogen-bond acceptors (Lipinski definition) is 0. The molecule has 2 aromatic rings. The Morgan fingerprint density at radius 2 is 1.61 bits per heavy atom. The minimum atomic E-state index is -4.41. The Kier molecular flexibility index (Phi) is 3.35. The third-order valence-electron chi connectivity index (χ3n) is 2.63. The van der Waals surface area contributed by atoms with Crippen molar-refractivity contribution in [3.63, 3.8) is 0 Å². The number of benzene rings is 2. The van der Waals surface area contributed by atoms with Crippen LogP contribution in [0, 0.1) is 6.92 Å². The van der Waals surface area contributed by atoms with Gasteiger partial charge in [0.15, 0.2) is 0 Å². The SMILES string of the molecule is Cc1cccc(-c2ccc(C(F)(F)F)c(Cl)c2)c1. The smallest absolute Gasteiger partial charge is 0.166 e. The molecule has 0 nitrogen and oxygen atoms in total. The van der Waals surface area contributed by atoms with Crippen LogP contribution in [-0.4, -0.2) is 0 Å². The van der Waals surface area contributed by atoms with Crippen LogP contribution in [0.15, 0.2) is 42.5 Å². The van der Waals surface area contributed by atoms with Crippen LogP contribution in [-0.2, 0) is 6.18 Å². The summed E-state index contributed by atoms with van der Waals surface area (Å²) in [5.41, 5.74) is 1.77. The summed E-state index contributed by atoms with van der Waals surface area (Å²) in [5.74, 6) is 0. The molecule has 0 aliphatic heterocycles. The summed E-state index contributed by atoms with van der Waals surface area (Å²) in [7, 11) is 0. The van der Waals surface area contributed by atoms with Gasteiger partial charge in [0.1, 0.15) is 0 Å². The third-order valence-corrected chi connectivity index (χ3v) is 2.94. The highest BCUT2D eigenvalue weighted by atomic mass is 35.5. The maximum atomic E-state index is 12.6. The first-order chi connectivity index (χ1) is 8.38. The van der Waals surface area contributed by atoms with Gasteiger partial charge in [0.05, 0.1) is 10.6 Å². The van der Waals surface area contributed by atoms with Crippen LogP contribution in [0.2, 0.25) is 5.02 Å². The molecule has 0 unspecified atom stereocenters. The lowest BCUT2D eigenvalue weighted by atomic mass is 10.0. The second kappa shape index (κ2) is 4.65. The summed E-state index contributed by atoms with van der Waals surface area (Å²) in [4.78, 5) is 0. The first kappa shape index (κ1) is 13.0. The molecule has 2 rings (SSSR count). The molecule has 0 aliphatic carbocycles. The average Bonchev–Trinajstić information content (AvgIpc) is 2.27. The Labute approximate surface area is 108 Å². The molecule has 0 radical (unpaired) electrons. The van der Waals surface area contributed by atoms with Crippen LogP contribution in [0.4, 0.5) is 13.2 Å². The fraction of sp³-hybridized carbons (Fsp3) is 0.143. The normalized spacial score (nSPS) is 11.6. The first-order valence-corrected chi connectivity index (χ1v) is 5.69. The molecule has 0 spiro atoms. The molecule has 4 heteroatoms. The van der Waals surface area contributed by atoms with Crippen molar-refractivity contribution in [1.29, 1.82) is 0 Å². The van der Waals surface area contributed by atoms with Gasteiger partial charge < -0.3 is 0 Å². The highest BCUT2D eigenvalue weighted by Gasteiger charge is 2.33. The van der Waals surface area contributed by atoms with Crippen molar-refractivity contribution < 1.29 is 13.2 Å². The fourth-order valence-corrected chi connectivity index (χ4v) is 2.04. The van der Waals surface area contributed by atoms with Crippen molar-refractivity contribution in [3.05, 3.63) is 58.6 Å². The summed E-state index contributed by atoms with van der Waals surface area (Å²) in [6, 6.07) is 11.3. The third kappa shape index (κ3) is 2.67. The van der Waals surface area contributed by atoms with E-state index in [-0.39, 0.29) is 5.02 Å². The van der Waals surface area contributed by atoms with E-state index in [9.17, 15) is 13.2 Å². The van der Waals surface area contributed by atoms with E-state index in [0.717, 1.165) is 17.2 Å². The molecule has 2 aromatic carbocycles. The standard InChI is InChI=1S/C14H10ClF3/c1-9-3-2-4-10(7-9)11-5-6-12(13(15)8-11)14(16,17)18/h2-8H,1H3. The van der Waals surface area contributed by atoms with Gasteiger partial charge in [-0.05, 0) is 30.2 Å². The van der Waals surface area contributed by atoms with Gasteiger partial charge in [0.2, 0.25) is 0 Å². The molecule has 0 aliphatic rings. The minimum absolute atomic E-state index is 0.276. The van der Waals surface area contributed by atoms with Crippen LogP contribution in [0.1, 0.15) is 11.1 Å². The van der Waals surface area contributed by atoms with Gasteiger partial charge in [-0.25, -0.2) is 0 Å². The fourth-order valence-electron chi connectivity index (χ4n) is 1.75. The van der Waals surface area contributed by atoms with Gasteiger partial charge in [-0.1, -0.05) is 47.5 Å². The van der Waals surface area contributed by atoms with Crippen molar-refractivity contribution in [1.82, 2.24) is 0 Å². The summed E-state index contributed by atoms with van der Waals surface area (Å²) >= 11 is 5.68. The minimum Gasteiger partial charge on any atom is -0.166 e. The van der Waals surface area contributed by atoms with Gasteiger partial charge in [-0.3, -0.25) is 0 Å². The Balaban J connectivity index is 2.47. The zero-order valence-corrected chi connectivity index (χ0v) is 10.3. The Bertz CT molecular complexity index is 573. The highest BCUT2D eigenvalue weighted by Crippen LogP contribution is 2.36. The molecule has 0 fully saturated rings. The molecule has 0 bridgehead atoms. The Morgan fingerprint density at radius 3 is 2.17 bits per heavy atom. The van der Waals surface area contributed by atoms with Gasteiger partial charge in [0, 0.05) is 0 Å². The molecule has 0 heterocycles. The average molecular weight is 271 g/mol. The molecule has 0 atom stereocenters. The van der Waals surface area contributed by atoms with Crippen molar-refractivity contribution in [2.75, 3.05) is 0 Å². The summed E-state index contributed by atoms with van der Waals surface area (Å²) in [5, 5.41) is -0.276. The monoisotopic (exact) mass is 270 g/mol. The van der Waals surface area contributed by atoms with Gasteiger partial charge in [0.25, 0.3) is 0 Å². The maximum Gasteiger partial charge on any atom is 0.417 e. The van der Waals surface area contributed by atoms with E-state index in [4.69, 9.17) is 11.6 Å². The molecule has 0 saturated carbocycles. The van der Waals surface area contributed by atoms with Crippen LogP contribution < -0.4 is 0 Å².